The highest BCUT2D eigenvalue weighted by molar-refractivity contribution is 9.10. The smallest absolute Gasteiger partial charge is 0.410 e. The fraction of sp³-hybridized carbons (Fsp3) is 0.583. The second-order valence-electron chi connectivity index (χ2n) is 10.4. The second-order valence-corrected chi connectivity index (χ2v) is 11.3. The van der Waals surface area contributed by atoms with Crippen molar-refractivity contribution in [2.75, 3.05) is 6.54 Å². The molecule has 0 bridgehead atoms. The van der Waals surface area contributed by atoms with Gasteiger partial charge in [0.05, 0.1) is 11.7 Å². The number of likely N-dealkylation sites (tertiary alicyclic amines) is 1. The first-order valence-electron chi connectivity index (χ1n) is 10.8. The first-order chi connectivity index (χ1) is 14.0. The molecular formula is C24H32BrN3O2. The van der Waals surface area contributed by atoms with Gasteiger partial charge in [0.1, 0.15) is 11.4 Å². The molecule has 0 radical (unpaired) electrons. The molecule has 5 nitrogen and oxygen atoms in total. The fourth-order valence-corrected chi connectivity index (χ4v) is 5.04. The minimum atomic E-state index is -0.503. The standard InChI is InChI=1S/C24H32BrN3O2/c1-14-17-12-15(25)9-10-16(17)20-18(13-24(14,5)6)26-21(27-20)19-8-7-11-28(19)22(29)30-23(2,3)4/h9-10,12,14,19H,7-8,11,13H2,1-6H3,(H,26,27). The Labute approximate surface area is 187 Å². The topological polar surface area (TPSA) is 58.2 Å². The summed E-state index contributed by atoms with van der Waals surface area (Å²) in [4.78, 5) is 23.3. The number of aromatic amines is 1. The number of imidazole rings is 1. The van der Waals surface area contributed by atoms with Crippen LogP contribution in [0.5, 0.6) is 0 Å². The maximum Gasteiger partial charge on any atom is 0.410 e. The number of benzene rings is 1. The Morgan fingerprint density at radius 2 is 2.07 bits per heavy atom. The quantitative estimate of drug-likeness (QED) is 0.507. The van der Waals surface area contributed by atoms with Gasteiger partial charge in [0.2, 0.25) is 0 Å². The van der Waals surface area contributed by atoms with E-state index < -0.39 is 5.60 Å². The number of H-pyrrole nitrogens is 1. The van der Waals surface area contributed by atoms with Gasteiger partial charge in [-0.3, -0.25) is 4.90 Å². The fourth-order valence-electron chi connectivity index (χ4n) is 4.67. The van der Waals surface area contributed by atoms with E-state index in [-0.39, 0.29) is 17.6 Å². The zero-order valence-electron chi connectivity index (χ0n) is 18.8. The third-order valence-corrected chi connectivity index (χ3v) is 7.03. The maximum atomic E-state index is 12.8. The number of fused-ring (bicyclic) bond motifs is 3. The van der Waals surface area contributed by atoms with Gasteiger partial charge in [0, 0.05) is 22.3 Å². The number of carbonyl (C=O) groups is 1. The number of amides is 1. The number of ether oxygens (including phenoxy) is 1. The molecular weight excluding hydrogens is 442 g/mol. The van der Waals surface area contributed by atoms with Crippen molar-refractivity contribution in [2.45, 2.75) is 78.4 Å². The van der Waals surface area contributed by atoms with Crippen molar-refractivity contribution in [1.29, 1.82) is 0 Å². The Morgan fingerprint density at radius 1 is 1.33 bits per heavy atom. The molecule has 1 aliphatic carbocycles. The number of halogens is 1. The molecule has 2 heterocycles. The first kappa shape index (κ1) is 21.4. The third kappa shape index (κ3) is 3.91. The molecule has 2 aromatic rings. The molecule has 2 atom stereocenters. The van der Waals surface area contributed by atoms with Crippen LogP contribution in [0.2, 0.25) is 0 Å². The van der Waals surface area contributed by atoms with E-state index in [0.717, 1.165) is 35.3 Å². The summed E-state index contributed by atoms with van der Waals surface area (Å²) in [5, 5.41) is 0. The van der Waals surface area contributed by atoms with Crippen LogP contribution in [-0.2, 0) is 11.2 Å². The molecule has 1 aromatic carbocycles. The predicted molar refractivity (Wildman–Crippen MR) is 123 cm³/mol. The average Bonchev–Trinajstić information content (AvgIpc) is 3.24. The highest BCUT2D eigenvalue weighted by Crippen LogP contribution is 2.47. The second kappa shape index (κ2) is 7.40. The monoisotopic (exact) mass is 473 g/mol. The molecule has 2 unspecified atom stereocenters. The minimum Gasteiger partial charge on any atom is -0.444 e. The molecule has 0 spiro atoms. The average molecular weight is 474 g/mol. The van der Waals surface area contributed by atoms with Crippen LogP contribution in [0, 0.1) is 5.41 Å². The normalized spacial score (nSPS) is 23.0. The lowest BCUT2D eigenvalue weighted by Gasteiger charge is -2.31. The van der Waals surface area contributed by atoms with Crippen LogP contribution >= 0.6 is 15.9 Å². The third-order valence-electron chi connectivity index (χ3n) is 6.53. The molecule has 0 saturated carbocycles. The van der Waals surface area contributed by atoms with Crippen molar-refractivity contribution in [2.24, 2.45) is 5.41 Å². The SMILES string of the molecule is CC1c2cc(Br)ccc2-c2nc(C3CCCN3C(=O)OC(C)(C)C)[nH]c2CC1(C)C. The van der Waals surface area contributed by atoms with Gasteiger partial charge >= 0.3 is 6.09 Å². The van der Waals surface area contributed by atoms with E-state index in [0.29, 0.717) is 12.5 Å². The molecule has 1 N–H and O–H groups in total. The van der Waals surface area contributed by atoms with Crippen LogP contribution in [0.3, 0.4) is 0 Å². The van der Waals surface area contributed by atoms with Gasteiger partial charge in [-0.05, 0) is 69.1 Å². The maximum absolute atomic E-state index is 12.8. The number of hydrogen-bond donors (Lipinski definition) is 1. The molecule has 6 heteroatoms. The molecule has 1 fully saturated rings. The molecule has 1 saturated heterocycles. The lowest BCUT2D eigenvalue weighted by atomic mass is 9.74. The van der Waals surface area contributed by atoms with E-state index >= 15 is 0 Å². The number of nitrogens with zero attached hydrogens (tertiary/aromatic N) is 2. The van der Waals surface area contributed by atoms with E-state index in [2.05, 4.69) is 59.9 Å². The molecule has 30 heavy (non-hydrogen) atoms. The largest absolute Gasteiger partial charge is 0.444 e. The van der Waals surface area contributed by atoms with Crippen LogP contribution in [0.15, 0.2) is 22.7 Å². The molecule has 4 rings (SSSR count). The molecule has 1 aliphatic heterocycles. The van der Waals surface area contributed by atoms with E-state index in [9.17, 15) is 4.79 Å². The summed E-state index contributed by atoms with van der Waals surface area (Å²) in [7, 11) is 0. The Balaban J connectivity index is 1.74. The van der Waals surface area contributed by atoms with Crippen molar-refractivity contribution in [3.8, 4) is 11.3 Å². The number of nitrogens with one attached hydrogen (secondary N) is 1. The van der Waals surface area contributed by atoms with Gasteiger partial charge in [-0.2, -0.15) is 0 Å². The van der Waals surface area contributed by atoms with Crippen molar-refractivity contribution in [3.63, 3.8) is 0 Å². The van der Waals surface area contributed by atoms with E-state index in [1.165, 1.54) is 16.8 Å². The number of aromatic nitrogens is 2. The van der Waals surface area contributed by atoms with Crippen molar-refractivity contribution < 1.29 is 9.53 Å². The summed E-state index contributed by atoms with van der Waals surface area (Å²) >= 11 is 3.64. The van der Waals surface area contributed by atoms with E-state index in [1.54, 1.807) is 0 Å². The molecule has 2 aliphatic rings. The molecule has 162 valence electrons. The number of hydrogen-bond acceptors (Lipinski definition) is 3. The Bertz CT molecular complexity index is 973. The van der Waals surface area contributed by atoms with Crippen LogP contribution in [0.1, 0.15) is 83.4 Å². The number of carbonyl (C=O) groups excluding carboxylic acids is 1. The minimum absolute atomic E-state index is 0.0637. The summed E-state index contributed by atoms with van der Waals surface area (Å²) in [5.41, 5.74) is 4.29. The summed E-state index contributed by atoms with van der Waals surface area (Å²) in [5.74, 6) is 1.28. The lowest BCUT2D eigenvalue weighted by molar-refractivity contribution is 0.0218. The van der Waals surface area contributed by atoms with Gasteiger partial charge in [0.25, 0.3) is 0 Å². The van der Waals surface area contributed by atoms with E-state index in [4.69, 9.17) is 9.72 Å². The molecule has 1 aromatic heterocycles. The number of rotatable bonds is 1. The van der Waals surface area contributed by atoms with Crippen molar-refractivity contribution in [3.05, 3.63) is 39.8 Å². The van der Waals surface area contributed by atoms with Crippen molar-refractivity contribution in [1.82, 2.24) is 14.9 Å². The van der Waals surface area contributed by atoms with E-state index in [1.807, 2.05) is 25.7 Å². The summed E-state index contributed by atoms with van der Waals surface area (Å²) in [6.45, 7) is 13.4. The van der Waals surface area contributed by atoms with Gasteiger partial charge < -0.3 is 9.72 Å². The van der Waals surface area contributed by atoms with Crippen molar-refractivity contribution >= 4 is 22.0 Å². The first-order valence-corrected chi connectivity index (χ1v) is 11.6. The van der Waals surface area contributed by atoms with Gasteiger partial charge in [0.15, 0.2) is 0 Å². The van der Waals surface area contributed by atoms with Crippen LogP contribution in [0.4, 0.5) is 4.79 Å². The Hall–Kier alpha value is -1.82. The highest BCUT2D eigenvalue weighted by Gasteiger charge is 2.39. The lowest BCUT2D eigenvalue weighted by Crippen LogP contribution is -2.36. The highest BCUT2D eigenvalue weighted by atomic mass is 79.9. The Morgan fingerprint density at radius 3 is 2.77 bits per heavy atom. The predicted octanol–water partition coefficient (Wildman–Crippen LogP) is 6.60. The van der Waals surface area contributed by atoms with Gasteiger partial charge in [-0.25, -0.2) is 9.78 Å². The summed E-state index contributed by atoms with van der Waals surface area (Å²) in [6.07, 6.45) is 2.52. The van der Waals surface area contributed by atoms with Gasteiger partial charge in [-0.15, -0.1) is 0 Å². The molecule has 1 amide bonds. The van der Waals surface area contributed by atoms with Gasteiger partial charge in [-0.1, -0.05) is 42.8 Å². The summed E-state index contributed by atoms with van der Waals surface area (Å²) in [6, 6.07) is 6.42. The summed E-state index contributed by atoms with van der Waals surface area (Å²) < 4.78 is 6.74. The zero-order valence-corrected chi connectivity index (χ0v) is 20.4. The van der Waals surface area contributed by atoms with Crippen LogP contribution in [0.25, 0.3) is 11.3 Å². The Kier molecular flexibility index (Phi) is 5.28. The zero-order chi connectivity index (χ0) is 21.8. The van der Waals surface area contributed by atoms with Crippen LogP contribution in [-0.4, -0.2) is 33.1 Å². The van der Waals surface area contributed by atoms with Crippen LogP contribution < -0.4 is 0 Å².